The number of benzene rings is 3. The first kappa shape index (κ1) is 38.2. The minimum atomic E-state index is -1.37. The summed E-state index contributed by atoms with van der Waals surface area (Å²) in [5.74, 6) is -7.13. The van der Waals surface area contributed by atoms with Crippen LogP contribution in [0.3, 0.4) is 0 Å². The summed E-state index contributed by atoms with van der Waals surface area (Å²) < 4.78 is 14.0. The zero-order valence-electron chi connectivity index (χ0n) is 27.6. The number of amides is 2. The van der Waals surface area contributed by atoms with Gasteiger partial charge in [-0.15, -0.1) is 0 Å². The van der Waals surface area contributed by atoms with Crippen molar-refractivity contribution < 1.29 is 57.7 Å². The number of anilines is 4. The Morgan fingerprint density at radius 2 is 0.922 bits per heavy atom. The second-order valence-corrected chi connectivity index (χ2v) is 10.0. The normalized spacial score (nSPS) is 11.0. The molecule has 3 aromatic rings. The Bertz CT molecular complexity index is 1990. The number of carbonyl (C=O) groups is 8. The highest BCUT2D eigenvalue weighted by Gasteiger charge is 2.22. The molecule has 18 heteroatoms. The summed E-state index contributed by atoms with van der Waals surface area (Å²) in [4.78, 5) is 98.1. The number of hydrogen-bond donors (Lipinski definition) is 5. The number of carbonyl (C=O) groups excluding carboxylic acids is 7. The van der Waals surface area contributed by atoms with E-state index in [9.17, 15) is 43.5 Å². The first-order chi connectivity index (χ1) is 24.2. The van der Waals surface area contributed by atoms with Crippen molar-refractivity contribution in [3.8, 4) is 0 Å². The fraction of sp³-hybridized carbons (Fsp3) is 0.152. The van der Waals surface area contributed by atoms with Crippen molar-refractivity contribution in [2.45, 2.75) is 13.8 Å². The molecule has 3 rings (SSSR count). The lowest BCUT2D eigenvalue weighted by molar-refractivity contribution is -0.116. The van der Waals surface area contributed by atoms with Crippen LogP contribution in [0.4, 0.5) is 22.7 Å². The molecule has 3 aromatic carbocycles. The number of nitrogens with zero attached hydrogens (tertiary/aromatic N) is 2. The van der Waals surface area contributed by atoms with Crippen molar-refractivity contribution in [1.29, 1.82) is 0 Å². The fourth-order valence-electron chi connectivity index (χ4n) is 4.07. The monoisotopic (exact) mass is 702 g/mol. The van der Waals surface area contributed by atoms with Gasteiger partial charge in [-0.1, -0.05) is 0 Å². The van der Waals surface area contributed by atoms with E-state index < -0.39 is 58.7 Å². The van der Waals surface area contributed by atoms with Crippen LogP contribution in [0, 0.1) is 0 Å². The molecule has 0 saturated carbocycles. The molecule has 2 amide bonds. The van der Waals surface area contributed by atoms with Crippen LogP contribution in [-0.4, -0.2) is 85.1 Å². The first-order valence-electron chi connectivity index (χ1n) is 14.4. The molecule has 0 heterocycles. The Labute approximate surface area is 288 Å². The maximum absolute atomic E-state index is 13.0. The molecule has 264 valence electrons. The molecule has 0 fully saturated rings. The Balaban J connectivity index is 1.77. The highest BCUT2D eigenvalue weighted by atomic mass is 16.5. The van der Waals surface area contributed by atoms with Crippen molar-refractivity contribution in [3.05, 3.63) is 82.9 Å². The fourth-order valence-corrected chi connectivity index (χ4v) is 4.07. The molecule has 18 nitrogen and oxygen atoms in total. The number of methoxy groups -OCH3 is 3. The van der Waals surface area contributed by atoms with Gasteiger partial charge in [-0.3, -0.25) is 30.0 Å². The van der Waals surface area contributed by atoms with Crippen LogP contribution in [0.2, 0.25) is 0 Å². The van der Waals surface area contributed by atoms with E-state index in [1.165, 1.54) is 48.5 Å². The third kappa shape index (κ3) is 9.89. The lowest BCUT2D eigenvalue weighted by atomic mass is 10.1. The predicted octanol–water partition coefficient (Wildman–Crippen LogP) is 2.74. The average Bonchev–Trinajstić information content (AvgIpc) is 3.10. The highest BCUT2D eigenvalue weighted by Crippen LogP contribution is 2.21. The van der Waals surface area contributed by atoms with Crippen LogP contribution in [-0.2, 0) is 33.4 Å². The molecule has 0 aliphatic rings. The molecule has 0 radical (unpaired) electrons. The Kier molecular flexibility index (Phi) is 12.9. The van der Waals surface area contributed by atoms with E-state index in [2.05, 4.69) is 41.2 Å². The van der Waals surface area contributed by atoms with Gasteiger partial charge in [-0.2, -0.15) is 10.2 Å². The Hall–Kier alpha value is -7.24. The predicted molar refractivity (Wildman–Crippen MR) is 181 cm³/mol. The number of ether oxygens (including phenoxy) is 3. The molecule has 0 atom stereocenters. The summed E-state index contributed by atoms with van der Waals surface area (Å²) in [5.41, 5.74) is 3.24. The number of esters is 3. The number of nitrogens with one attached hydrogen (secondary N) is 4. The van der Waals surface area contributed by atoms with Gasteiger partial charge in [0.2, 0.25) is 0 Å². The van der Waals surface area contributed by atoms with Gasteiger partial charge < -0.3 is 30.0 Å². The molecule has 0 bridgehead atoms. The Morgan fingerprint density at radius 3 is 1.27 bits per heavy atom. The van der Waals surface area contributed by atoms with E-state index in [1.54, 1.807) is 0 Å². The van der Waals surface area contributed by atoms with Crippen molar-refractivity contribution in [1.82, 2.24) is 0 Å². The summed E-state index contributed by atoms with van der Waals surface area (Å²) in [6.07, 6.45) is 0. The van der Waals surface area contributed by atoms with E-state index >= 15 is 0 Å². The van der Waals surface area contributed by atoms with Gasteiger partial charge in [0.25, 0.3) is 11.8 Å². The molecule has 0 unspecified atom stereocenters. The van der Waals surface area contributed by atoms with Crippen molar-refractivity contribution in [3.63, 3.8) is 0 Å². The minimum absolute atomic E-state index is 0.0164. The van der Waals surface area contributed by atoms with Crippen molar-refractivity contribution >= 4 is 81.4 Å². The molecule has 0 aliphatic carbocycles. The third-order valence-corrected chi connectivity index (χ3v) is 6.59. The molecular formula is C33H30N6O12. The molecule has 0 aliphatic heterocycles. The number of ketones is 2. The number of hydrogen-bond acceptors (Lipinski definition) is 15. The number of carboxylic acids is 1. The molecule has 0 spiro atoms. The van der Waals surface area contributed by atoms with Crippen molar-refractivity contribution in [2.24, 2.45) is 10.2 Å². The molecule has 5 N–H and O–H groups in total. The van der Waals surface area contributed by atoms with Crippen LogP contribution in [0.1, 0.15) is 55.3 Å². The zero-order valence-corrected chi connectivity index (χ0v) is 27.6. The van der Waals surface area contributed by atoms with Crippen LogP contribution >= 0.6 is 0 Å². The second-order valence-electron chi connectivity index (χ2n) is 10.0. The number of rotatable bonds is 14. The summed E-state index contributed by atoms with van der Waals surface area (Å²) in [5, 5.41) is 22.0. The molecular weight excluding hydrogens is 672 g/mol. The van der Waals surface area contributed by atoms with Gasteiger partial charge in [0.1, 0.15) is 0 Å². The minimum Gasteiger partial charge on any atom is -0.478 e. The molecule has 0 saturated heterocycles. The second kappa shape index (κ2) is 17.2. The largest absolute Gasteiger partial charge is 0.478 e. The van der Waals surface area contributed by atoms with E-state index in [0.29, 0.717) is 0 Å². The summed E-state index contributed by atoms with van der Waals surface area (Å²) in [7, 11) is 3.43. The van der Waals surface area contributed by atoms with Gasteiger partial charge in [-0.25, -0.2) is 19.2 Å². The van der Waals surface area contributed by atoms with E-state index in [1.807, 2.05) is 0 Å². The Morgan fingerprint density at radius 1 is 0.549 bits per heavy atom. The van der Waals surface area contributed by atoms with Gasteiger partial charge in [0.15, 0.2) is 23.0 Å². The van der Waals surface area contributed by atoms with E-state index in [0.717, 1.165) is 47.3 Å². The van der Waals surface area contributed by atoms with Crippen molar-refractivity contribution in [2.75, 3.05) is 42.8 Å². The number of carboxylic acid groups (broad SMARTS) is 1. The first-order valence-corrected chi connectivity index (χ1v) is 14.4. The number of Topliss-reactive ketones (excluding diaryl/α,β-unsaturated/α-hetero) is 2. The lowest BCUT2D eigenvalue weighted by Crippen LogP contribution is -2.30. The van der Waals surface area contributed by atoms with E-state index in [-0.39, 0.29) is 45.0 Å². The maximum atomic E-state index is 13.0. The summed E-state index contributed by atoms with van der Waals surface area (Å²) in [6, 6.07) is 12.7. The van der Waals surface area contributed by atoms with E-state index in [4.69, 9.17) is 4.74 Å². The number of aromatic carboxylic acids is 1. The van der Waals surface area contributed by atoms with Crippen LogP contribution < -0.4 is 21.5 Å². The number of hydrazone groups is 2. The standard InChI is InChI=1S/C33H30N6O12/c1-16(40)26(38-36-24-14-18(31(46)49-3)6-12-22(24)30(44)45)28(42)34-20-8-10-21(11-9-20)35-29(43)27(17(2)41)39-37-25-15-19(32(47)50-4)7-13-23(25)33(48)51-5/h6-15,36-37H,1-5H3,(H,34,42)(H,35,43)(H,44,45)/b38-26-,39-27-. The third-order valence-electron chi connectivity index (χ3n) is 6.59. The summed E-state index contributed by atoms with van der Waals surface area (Å²) in [6.45, 7) is 2.13. The zero-order chi connectivity index (χ0) is 37.8. The van der Waals surface area contributed by atoms with Gasteiger partial charge in [0.05, 0.1) is 55.0 Å². The van der Waals surface area contributed by atoms with Crippen LogP contribution in [0.15, 0.2) is 70.9 Å². The van der Waals surface area contributed by atoms with Gasteiger partial charge in [-0.05, 0) is 60.7 Å². The average molecular weight is 703 g/mol. The van der Waals surface area contributed by atoms with Gasteiger partial charge >= 0.3 is 23.9 Å². The van der Waals surface area contributed by atoms with Crippen LogP contribution in [0.25, 0.3) is 0 Å². The smallest absolute Gasteiger partial charge is 0.340 e. The SMILES string of the molecule is COC(=O)c1ccc(C(=O)O)c(N/N=C(/C(C)=O)C(=O)Nc2ccc(NC(=O)/C(=N\Nc3cc(C(=O)OC)ccc3C(=O)OC)C(C)=O)cc2)c1. The maximum Gasteiger partial charge on any atom is 0.340 e. The topological polar surface area (TPSA) is 257 Å². The highest BCUT2D eigenvalue weighted by molar-refractivity contribution is 6.67. The lowest BCUT2D eigenvalue weighted by Gasteiger charge is -2.11. The quantitative estimate of drug-likeness (QED) is 0.0532. The van der Waals surface area contributed by atoms with Gasteiger partial charge in [0, 0.05) is 25.2 Å². The summed E-state index contributed by atoms with van der Waals surface area (Å²) >= 11 is 0. The van der Waals surface area contributed by atoms with Crippen LogP contribution in [0.5, 0.6) is 0 Å². The molecule has 51 heavy (non-hydrogen) atoms. The molecule has 0 aromatic heterocycles.